The molecule has 0 aliphatic heterocycles. The van der Waals surface area contributed by atoms with E-state index < -0.39 is 0 Å². The highest BCUT2D eigenvalue weighted by Gasteiger charge is 2.20. The third kappa shape index (κ3) is 4.39. The number of para-hydroxylation sites is 1. The van der Waals surface area contributed by atoms with Crippen molar-refractivity contribution in [2.75, 3.05) is 7.11 Å². The number of aromatic amines is 1. The number of aryl methyl sites for hydroxylation is 2. The van der Waals surface area contributed by atoms with Crippen LogP contribution in [0.25, 0.3) is 10.9 Å². The minimum atomic E-state index is -0.205. The van der Waals surface area contributed by atoms with Crippen LogP contribution >= 0.6 is 0 Å². The molecule has 0 spiro atoms. The molecule has 0 saturated heterocycles. The number of benzene rings is 2. The Hall–Kier alpha value is -3.93. The molecule has 2 heterocycles. The van der Waals surface area contributed by atoms with E-state index in [1.807, 2.05) is 50.2 Å². The Morgan fingerprint density at radius 3 is 2.50 bits per heavy atom. The van der Waals surface area contributed by atoms with Crippen LogP contribution in [0.2, 0.25) is 0 Å². The fourth-order valence-corrected chi connectivity index (χ4v) is 3.76. The fourth-order valence-electron chi connectivity index (χ4n) is 3.76. The van der Waals surface area contributed by atoms with E-state index in [1.54, 1.807) is 30.3 Å². The molecule has 2 aromatic heterocycles. The highest BCUT2D eigenvalue weighted by Crippen LogP contribution is 2.22. The van der Waals surface area contributed by atoms with E-state index in [0.29, 0.717) is 23.4 Å². The highest BCUT2D eigenvalue weighted by molar-refractivity contribution is 5.94. The zero-order chi connectivity index (χ0) is 22.7. The summed E-state index contributed by atoms with van der Waals surface area (Å²) in [6.45, 7) is 4.51. The maximum absolute atomic E-state index is 13.4. The lowest BCUT2D eigenvalue weighted by Crippen LogP contribution is -2.32. The molecule has 0 saturated carbocycles. The molecule has 0 radical (unpaired) electrons. The molecule has 6 nitrogen and oxygen atoms in total. The quantitative estimate of drug-likeness (QED) is 0.495. The molecular weight excluding hydrogens is 402 g/mol. The van der Waals surface area contributed by atoms with Crippen LogP contribution in [0.1, 0.15) is 32.6 Å². The molecule has 0 bridgehead atoms. The Bertz CT molecular complexity index is 1330. The van der Waals surface area contributed by atoms with Gasteiger partial charge in [-0.25, -0.2) is 0 Å². The number of nitrogens with one attached hydrogen (secondary N) is 1. The summed E-state index contributed by atoms with van der Waals surface area (Å²) < 4.78 is 5.47. The Morgan fingerprint density at radius 2 is 1.75 bits per heavy atom. The Balaban J connectivity index is 1.74. The number of hydrogen-bond acceptors (Lipinski definition) is 4. The van der Waals surface area contributed by atoms with Gasteiger partial charge in [-0.2, -0.15) is 0 Å². The summed E-state index contributed by atoms with van der Waals surface area (Å²) in [5.74, 6) is 0.485. The van der Waals surface area contributed by atoms with Crippen molar-refractivity contribution in [3.05, 3.63) is 105 Å². The largest absolute Gasteiger partial charge is 0.496 e. The van der Waals surface area contributed by atoms with Gasteiger partial charge in [-0.1, -0.05) is 18.2 Å². The molecule has 162 valence electrons. The predicted octanol–water partition coefficient (Wildman–Crippen LogP) is 4.39. The lowest BCUT2D eigenvalue weighted by atomic mass is 10.0. The number of rotatable bonds is 6. The first-order valence-corrected chi connectivity index (χ1v) is 10.4. The molecule has 0 aliphatic carbocycles. The summed E-state index contributed by atoms with van der Waals surface area (Å²) >= 11 is 0. The molecule has 4 rings (SSSR count). The minimum Gasteiger partial charge on any atom is -0.496 e. The van der Waals surface area contributed by atoms with Crippen LogP contribution in [-0.4, -0.2) is 27.9 Å². The monoisotopic (exact) mass is 427 g/mol. The topological polar surface area (TPSA) is 75.3 Å². The van der Waals surface area contributed by atoms with Crippen molar-refractivity contribution in [3.8, 4) is 5.75 Å². The second-order valence-electron chi connectivity index (χ2n) is 7.86. The lowest BCUT2D eigenvalue weighted by Gasteiger charge is -2.24. The van der Waals surface area contributed by atoms with Crippen LogP contribution < -0.4 is 10.3 Å². The van der Waals surface area contributed by atoms with Crippen LogP contribution in [0, 0.1) is 13.8 Å². The van der Waals surface area contributed by atoms with E-state index in [9.17, 15) is 9.59 Å². The smallest absolute Gasteiger partial charge is 0.256 e. The number of pyridine rings is 2. The summed E-state index contributed by atoms with van der Waals surface area (Å²) in [5, 5.41) is 0.939. The van der Waals surface area contributed by atoms with E-state index in [2.05, 4.69) is 16.0 Å². The fraction of sp³-hybridized carbons (Fsp3) is 0.192. The lowest BCUT2D eigenvalue weighted by molar-refractivity contribution is 0.0728. The van der Waals surface area contributed by atoms with Gasteiger partial charge < -0.3 is 14.6 Å². The van der Waals surface area contributed by atoms with Crippen LogP contribution in [0.15, 0.2) is 71.8 Å². The number of carbonyl (C=O) groups is 1. The number of fused-ring (bicyclic) bond motifs is 1. The SMILES string of the molecule is COc1ccccc1CN(Cc1cc2cc(C)c(C)cc2[nH]c1=O)C(=O)c1cccnc1. The number of amides is 1. The number of carbonyl (C=O) groups excluding carboxylic acids is 1. The van der Waals surface area contributed by atoms with E-state index in [1.165, 1.54) is 6.20 Å². The molecule has 0 unspecified atom stereocenters. The number of aromatic nitrogens is 2. The van der Waals surface area contributed by atoms with Gasteiger partial charge in [-0.15, -0.1) is 0 Å². The molecule has 4 aromatic rings. The first-order valence-electron chi connectivity index (χ1n) is 10.4. The number of ether oxygens (including phenoxy) is 1. The van der Waals surface area contributed by atoms with E-state index in [4.69, 9.17) is 4.74 Å². The molecule has 1 amide bonds. The Morgan fingerprint density at radius 1 is 1.00 bits per heavy atom. The van der Waals surface area contributed by atoms with Gasteiger partial charge in [0.15, 0.2) is 0 Å². The van der Waals surface area contributed by atoms with Gasteiger partial charge in [0.2, 0.25) is 0 Å². The molecule has 0 aliphatic rings. The van der Waals surface area contributed by atoms with Crippen molar-refractivity contribution < 1.29 is 9.53 Å². The Labute approximate surface area is 186 Å². The average molecular weight is 428 g/mol. The maximum atomic E-state index is 13.4. The summed E-state index contributed by atoms with van der Waals surface area (Å²) in [5.41, 5.74) is 4.69. The van der Waals surface area contributed by atoms with Gasteiger partial charge in [0, 0.05) is 35.6 Å². The first-order chi connectivity index (χ1) is 15.5. The molecular formula is C26H25N3O3. The predicted molar refractivity (Wildman–Crippen MR) is 125 cm³/mol. The van der Waals surface area contributed by atoms with Crippen molar-refractivity contribution in [1.29, 1.82) is 0 Å². The van der Waals surface area contributed by atoms with Crippen LogP contribution in [0.3, 0.4) is 0 Å². The Kier molecular flexibility index (Phi) is 6.03. The summed E-state index contributed by atoms with van der Waals surface area (Å²) in [6, 6.07) is 16.9. The van der Waals surface area contributed by atoms with Crippen molar-refractivity contribution in [3.63, 3.8) is 0 Å². The number of nitrogens with zero attached hydrogens (tertiary/aromatic N) is 2. The first kappa shape index (κ1) is 21.3. The van der Waals surface area contributed by atoms with Gasteiger partial charge in [-0.05, 0) is 66.8 Å². The standard InChI is InChI=1S/C26H25N3O3/c1-17-11-21-13-22(25(30)28-23(21)12-18(17)2)16-29(26(31)19-8-6-10-27-14-19)15-20-7-4-5-9-24(20)32-3/h4-14H,15-16H2,1-3H3,(H,28,30). The summed E-state index contributed by atoms with van der Waals surface area (Å²) in [6.07, 6.45) is 3.16. The molecule has 6 heteroatoms. The van der Waals surface area contributed by atoms with Gasteiger partial charge in [0.05, 0.1) is 19.2 Å². The van der Waals surface area contributed by atoms with Crippen molar-refractivity contribution in [2.24, 2.45) is 0 Å². The number of hydrogen-bond donors (Lipinski definition) is 1. The number of methoxy groups -OCH3 is 1. The van der Waals surface area contributed by atoms with Crippen LogP contribution in [-0.2, 0) is 13.1 Å². The van der Waals surface area contributed by atoms with Crippen molar-refractivity contribution in [2.45, 2.75) is 26.9 Å². The molecule has 0 fully saturated rings. The zero-order valence-electron chi connectivity index (χ0n) is 18.4. The second kappa shape index (κ2) is 9.06. The summed E-state index contributed by atoms with van der Waals surface area (Å²) in [4.78, 5) is 34.9. The molecule has 0 atom stereocenters. The van der Waals surface area contributed by atoms with Gasteiger partial charge >= 0.3 is 0 Å². The van der Waals surface area contributed by atoms with Crippen molar-refractivity contribution in [1.82, 2.24) is 14.9 Å². The zero-order valence-corrected chi connectivity index (χ0v) is 18.4. The molecule has 2 aromatic carbocycles. The highest BCUT2D eigenvalue weighted by atomic mass is 16.5. The summed E-state index contributed by atoms with van der Waals surface area (Å²) in [7, 11) is 1.60. The van der Waals surface area contributed by atoms with Gasteiger partial charge in [0.1, 0.15) is 5.75 Å². The normalized spacial score (nSPS) is 10.8. The molecule has 32 heavy (non-hydrogen) atoms. The van der Waals surface area contributed by atoms with Gasteiger partial charge in [0.25, 0.3) is 11.5 Å². The third-order valence-electron chi connectivity index (χ3n) is 5.65. The van der Waals surface area contributed by atoms with E-state index >= 15 is 0 Å². The second-order valence-corrected chi connectivity index (χ2v) is 7.86. The minimum absolute atomic E-state index is 0.157. The average Bonchev–Trinajstić information content (AvgIpc) is 2.81. The van der Waals surface area contributed by atoms with Crippen molar-refractivity contribution >= 4 is 16.8 Å². The third-order valence-corrected chi connectivity index (χ3v) is 5.65. The van der Waals surface area contributed by atoms with E-state index in [0.717, 1.165) is 27.6 Å². The van der Waals surface area contributed by atoms with Crippen LogP contribution in [0.5, 0.6) is 5.75 Å². The number of H-pyrrole nitrogens is 1. The maximum Gasteiger partial charge on any atom is 0.256 e. The molecule has 1 N–H and O–H groups in total. The van der Waals surface area contributed by atoms with Gasteiger partial charge in [-0.3, -0.25) is 14.6 Å². The van der Waals surface area contributed by atoms with Crippen LogP contribution in [0.4, 0.5) is 0 Å². The van der Waals surface area contributed by atoms with E-state index in [-0.39, 0.29) is 18.0 Å².